The van der Waals surface area contributed by atoms with Gasteiger partial charge in [-0.2, -0.15) is 14.9 Å². The Morgan fingerprint density at radius 2 is 2.31 bits per heavy atom. The van der Waals surface area contributed by atoms with Gasteiger partial charge in [0.05, 0.1) is 11.8 Å². The molecule has 0 aliphatic rings. The molecule has 0 saturated heterocycles. The average molecular weight is 218 g/mol. The third-order valence-corrected chi connectivity index (χ3v) is 2.39. The fraction of sp³-hybridized carbons (Fsp3) is 0.300. The van der Waals surface area contributed by atoms with Gasteiger partial charge in [0.2, 0.25) is 5.88 Å². The van der Waals surface area contributed by atoms with Crippen LogP contribution in [0.2, 0.25) is 0 Å². The molecule has 2 N–H and O–H groups in total. The number of nitriles is 1. The zero-order valence-corrected chi connectivity index (χ0v) is 8.85. The summed E-state index contributed by atoms with van der Waals surface area (Å²) in [6, 6.07) is 1.89. The van der Waals surface area contributed by atoms with Crippen LogP contribution in [0.25, 0.3) is 5.65 Å². The molecule has 0 atom stereocenters. The van der Waals surface area contributed by atoms with Crippen molar-refractivity contribution in [3.63, 3.8) is 0 Å². The Hall–Kier alpha value is -2.29. The van der Waals surface area contributed by atoms with Crippen LogP contribution >= 0.6 is 0 Å². The molecule has 0 aliphatic carbocycles. The van der Waals surface area contributed by atoms with E-state index >= 15 is 0 Å². The molecule has 2 rings (SSSR count). The molecule has 2 heterocycles. The molecule has 16 heavy (non-hydrogen) atoms. The SMILES string of the molecule is CC(C)c1c(O)n2ncc(C#N)c2[nH]c1=O. The maximum atomic E-state index is 11.7. The minimum Gasteiger partial charge on any atom is -0.493 e. The van der Waals surface area contributed by atoms with Gasteiger partial charge in [0.25, 0.3) is 5.56 Å². The van der Waals surface area contributed by atoms with Crippen LogP contribution in [0.4, 0.5) is 0 Å². The third-order valence-electron chi connectivity index (χ3n) is 2.39. The van der Waals surface area contributed by atoms with Crippen molar-refractivity contribution >= 4 is 5.65 Å². The largest absolute Gasteiger partial charge is 0.493 e. The predicted octanol–water partition coefficient (Wildman–Crippen LogP) is 0.723. The first-order valence-electron chi connectivity index (χ1n) is 4.79. The van der Waals surface area contributed by atoms with Gasteiger partial charge in [-0.25, -0.2) is 0 Å². The van der Waals surface area contributed by atoms with E-state index in [2.05, 4.69) is 10.1 Å². The number of hydrogen-bond acceptors (Lipinski definition) is 4. The summed E-state index contributed by atoms with van der Waals surface area (Å²) in [5, 5.41) is 22.5. The van der Waals surface area contributed by atoms with Crippen molar-refractivity contribution in [2.45, 2.75) is 19.8 Å². The Bertz CT molecular complexity index is 645. The molecule has 2 aromatic rings. The van der Waals surface area contributed by atoms with E-state index < -0.39 is 5.56 Å². The van der Waals surface area contributed by atoms with E-state index in [9.17, 15) is 9.90 Å². The molecular formula is C10H10N4O2. The lowest BCUT2D eigenvalue weighted by atomic mass is 10.1. The molecule has 6 nitrogen and oxygen atoms in total. The van der Waals surface area contributed by atoms with Crippen molar-refractivity contribution in [2.24, 2.45) is 0 Å². The van der Waals surface area contributed by atoms with E-state index in [1.54, 1.807) is 13.8 Å². The fourth-order valence-corrected chi connectivity index (χ4v) is 1.62. The highest BCUT2D eigenvalue weighted by molar-refractivity contribution is 5.55. The van der Waals surface area contributed by atoms with E-state index in [4.69, 9.17) is 5.26 Å². The molecule has 0 unspecified atom stereocenters. The summed E-state index contributed by atoms with van der Waals surface area (Å²) in [4.78, 5) is 14.2. The highest BCUT2D eigenvalue weighted by Crippen LogP contribution is 2.22. The standard InChI is InChI=1S/C10H10N4O2/c1-5(2)7-9(15)13-8-6(3-11)4-12-14(8)10(7)16/h4-5,16H,1-2H3,(H,13,15). The highest BCUT2D eigenvalue weighted by atomic mass is 16.3. The summed E-state index contributed by atoms with van der Waals surface area (Å²) in [6.07, 6.45) is 1.30. The summed E-state index contributed by atoms with van der Waals surface area (Å²) in [5.41, 5.74) is 0.314. The molecule has 0 bridgehead atoms. The number of H-pyrrole nitrogens is 1. The van der Waals surface area contributed by atoms with Crippen LogP contribution < -0.4 is 5.56 Å². The van der Waals surface area contributed by atoms with Crippen molar-refractivity contribution < 1.29 is 5.11 Å². The predicted molar refractivity (Wildman–Crippen MR) is 56.3 cm³/mol. The number of aromatic hydroxyl groups is 1. The van der Waals surface area contributed by atoms with Crippen LogP contribution in [-0.4, -0.2) is 19.7 Å². The van der Waals surface area contributed by atoms with Gasteiger partial charge >= 0.3 is 0 Å². The van der Waals surface area contributed by atoms with Crippen molar-refractivity contribution in [3.05, 3.63) is 27.7 Å². The Balaban J connectivity index is 2.92. The van der Waals surface area contributed by atoms with Crippen LogP contribution in [-0.2, 0) is 0 Å². The molecule has 0 spiro atoms. The highest BCUT2D eigenvalue weighted by Gasteiger charge is 2.17. The summed E-state index contributed by atoms with van der Waals surface area (Å²) in [7, 11) is 0. The van der Waals surface area contributed by atoms with Gasteiger partial charge in [-0.3, -0.25) is 4.79 Å². The van der Waals surface area contributed by atoms with E-state index in [0.29, 0.717) is 0 Å². The van der Waals surface area contributed by atoms with Crippen LogP contribution in [0, 0.1) is 11.3 Å². The topological polar surface area (TPSA) is 94.2 Å². The van der Waals surface area contributed by atoms with Gasteiger partial charge in [-0.05, 0) is 5.92 Å². The van der Waals surface area contributed by atoms with E-state index in [1.165, 1.54) is 6.20 Å². The number of fused-ring (bicyclic) bond motifs is 1. The first-order valence-corrected chi connectivity index (χ1v) is 4.79. The second kappa shape index (κ2) is 3.38. The van der Waals surface area contributed by atoms with Crippen molar-refractivity contribution in [3.8, 4) is 11.9 Å². The summed E-state index contributed by atoms with van der Waals surface area (Å²) in [6.45, 7) is 3.59. The first kappa shape index (κ1) is 10.2. The Kier molecular flexibility index (Phi) is 2.16. The summed E-state index contributed by atoms with van der Waals surface area (Å²) >= 11 is 0. The fourth-order valence-electron chi connectivity index (χ4n) is 1.62. The molecule has 6 heteroatoms. The number of nitrogens with one attached hydrogen (secondary N) is 1. The van der Waals surface area contributed by atoms with Crippen LogP contribution in [0.3, 0.4) is 0 Å². The molecule has 82 valence electrons. The molecule has 0 amide bonds. The minimum atomic E-state index is -0.392. The van der Waals surface area contributed by atoms with Crippen molar-refractivity contribution in [2.75, 3.05) is 0 Å². The number of hydrogen-bond donors (Lipinski definition) is 2. The summed E-state index contributed by atoms with van der Waals surface area (Å²) in [5.74, 6) is -0.335. The van der Waals surface area contributed by atoms with Gasteiger partial charge in [0, 0.05) is 0 Å². The Labute approximate surface area is 90.8 Å². The molecular weight excluding hydrogens is 208 g/mol. The van der Waals surface area contributed by atoms with E-state index in [0.717, 1.165) is 4.52 Å². The van der Waals surface area contributed by atoms with Gasteiger partial charge in [0.1, 0.15) is 11.6 Å². The first-order chi connectivity index (χ1) is 7.56. The number of rotatable bonds is 1. The second-order valence-electron chi connectivity index (χ2n) is 3.78. The minimum absolute atomic E-state index is 0.122. The van der Waals surface area contributed by atoms with Gasteiger partial charge < -0.3 is 10.1 Å². The Morgan fingerprint density at radius 1 is 1.62 bits per heavy atom. The van der Waals surface area contributed by atoms with Gasteiger partial charge in [-0.15, -0.1) is 0 Å². The molecule has 0 aliphatic heterocycles. The third kappa shape index (κ3) is 1.26. The zero-order valence-electron chi connectivity index (χ0n) is 8.85. The van der Waals surface area contributed by atoms with E-state index in [-0.39, 0.29) is 28.6 Å². The lowest BCUT2D eigenvalue weighted by Gasteiger charge is -2.07. The smallest absolute Gasteiger partial charge is 0.258 e. The van der Waals surface area contributed by atoms with Gasteiger partial charge in [-0.1, -0.05) is 13.8 Å². The lowest BCUT2D eigenvalue weighted by Crippen LogP contribution is -2.17. The zero-order chi connectivity index (χ0) is 11.9. The quantitative estimate of drug-likeness (QED) is 0.737. The van der Waals surface area contributed by atoms with Crippen LogP contribution in [0.5, 0.6) is 5.88 Å². The van der Waals surface area contributed by atoms with E-state index in [1.807, 2.05) is 6.07 Å². The number of nitrogens with zero attached hydrogens (tertiary/aromatic N) is 3. The number of aromatic nitrogens is 3. The van der Waals surface area contributed by atoms with Crippen molar-refractivity contribution in [1.82, 2.24) is 14.6 Å². The molecule has 2 aromatic heterocycles. The van der Waals surface area contributed by atoms with Crippen LogP contribution in [0.1, 0.15) is 30.9 Å². The van der Waals surface area contributed by atoms with Gasteiger partial charge in [0.15, 0.2) is 5.65 Å². The maximum Gasteiger partial charge on any atom is 0.258 e. The van der Waals surface area contributed by atoms with Crippen molar-refractivity contribution in [1.29, 1.82) is 5.26 Å². The summed E-state index contributed by atoms with van der Waals surface area (Å²) < 4.78 is 1.16. The normalized spacial score (nSPS) is 10.9. The number of aromatic amines is 1. The Morgan fingerprint density at radius 3 is 2.88 bits per heavy atom. The lowest BCUT2D eigenvalue weighted by molar-refractivity contribution is 0.423. The molecule has 0 saturated carbocycles. The van der Waals surface area contributed by atoms with Crippen LogP contribution in [0.15, 0.2) is 11.0 Å². The molecule has 0 radical (unpaired) electrons. The molecule has 0 aromatic carbocycles. The molecule has 0 fully saturated rings. The maximum absolute atomic E-state index is 11.7. The monoisotopic (exact) mass is 218 g/mol. The second-order valence-corrected chi connectivity index (χ2v) is 3.78. The average Bonchev–Trinajstić information content (AvgIpc) is 2.60.